The van der Waals surface area contributed by atoms with E-state index in [4.69, 9.17) is 4.74 Å². The predicted octanol–water partition coefficient (Wildman–Crippen LogP) is 3.71. The fraction of sp³-hybridized carbons (Fsp3) is 0.174. The molecule has 1 amide bonds. The van der Waals surface area contributed by atoms with Gasteiger partial charge in [-0.25, -0.2) is 14.2 Å². The molecule has 8 nitrogen and oxygen atoms in total. The second-order valence-corrected chi connectivity index (χ2v) is 8.30. The number of methoxy groups -OCH3 is 1. The largest absolute Gasteiger partial charge is 0.507 e. The van der Waals surface area contributed by atoms with Gasteiger partial charge in [-0.05, 0) is 37.1 Å². The zero-order chi connectivity index (χ0) is 23.9. The third-order valence-electron chi connectivity index (χ3n) is 5.25. The number of Topliss-reactive ketones (excluding diaryl/α,β-unsaturated/α-hetero) is 1. The predicted molar refractivity (Wildman–Crippen MR) is 118 cm³/mol. The Morgan fingerprint density at radius 2 is 2.00 bits per heavy atom. The molecule has 1 unspecified atom stereocenters. The second-order valence-electron chi connectivity index (χ2n) is 7.32. The quantitative estimate of drug-likeness (QED) is 0.270. The number of nitrogens with zero attached hydrogens (tertiary/aromatic N) is 3. The molecule has 2 aromatic heterocycles. The minimum Gasteiger partial charge on any atom is -0.507 e. The first-order valence-corrected chi connectivity index (χ1v) is 10.6. The third kappa shape index (κ3) is 3.78. The summed E-state index contributed by atoms with van der Waals surface area (Å²) in [5.74, 6) is -3.62. The van der Waals surface area contributed by atoms with Crippen molar-refractivity contribution in [2.75, 3.05) is 12.0 Å². The van der Waals surface area contributed by atoms with E-state index in [1.54, 1.807) is 26.0 Å². The molecule has 1 fully saturated rings. The van der Waals surface area contributed by atoms with Crippen molar-refractivity contribution in [3.63, 3.8) is 0 Å². The maximum Gasteiger partial charge on any atom is 0.350 e. The summed E-state index contributed by atoms with van der Waals surface area (Å²) in [6.45, 7) is 3.15. The van der Waals surface area contributed by atoms with E-state index in [0.717, 1.165) is 22.3 Å². The van der Waals surface area contributed by atoms with Crippen LogP contribution in [0.15, 0.2) is 48.3 Å². The van der Waals surface area contributed by atoms with Crippen LogP contribution in [-0.4, -0.2) is 39.8 Å². The van der Waals surface area contributed by atoms with Crippen molar-refractivity contribution in [1.29, 1.82) is 0 Å². The van der Waals surface area contributed by atoms with Gasteiger partial charge in [-0.1, -0.05) is 29.5 Å². The van der Waals surface area contributed by atoms with Gasteiger partial charge in [0.25, 0.3) is 5.78 Å². The molecule has 4 rings (SSSR count). The highest BCUT2D eigenvalue weighted by molar-refractivity contribution is 7.17. The number of halogens is 1. The van der Waals surface area contributed by atoms with Gasteiger partial charge in [0.15, 0.2) is 5.13 Å². The molecule has 168 valence electrons. The molecule has 0 aliphatic carbocycles. The lowest BCUT2D eigenvalue weighted by Gasteiger charge is -2.22. The fourth-order valence-corrected chi connectivity index (χ4v) is 4.56. The number of rotatable bonds is 4. The summed E-state index contributed by atoms with van der Waals surface area (Å²) < 4.78 is 18.9. The van der Waals surface area contributed by atoms with E-state index in [0.29, 0.717) is 16.8 Å². The first kappa shape index (κ1) is 22.3. The van der Waals surface area contributed by atoms with E-state index in [-0.39, 0.29) is 21.1 Å². The Bertz CT molecular complexity index is 1320. The molecule has 1 N–H and O–H groups in total. The highest BCUT2D eigenvalue weighted by Gasteiger charge is 2.48. The first-order valence-electron chi connectivity index (χ1n) is 9.77. The number of carbonyl (C=O) groups excluding carboxylic acids is 3. The van der Waals surface area contributed by atoms with Crippen LogP contribution >= 0.6 is 11.3 Å². The van der Waals surface area contributed by atoms with Crippen molar-refractivity contribution in [1.82, 2.24) is 9.97 Å². The summed E-state index contributed by atoms with van der Waals surface area (Å²) in [5.41, 5.74) is 0.941. The first-order chi connectivity index (χ1) is 15.7. The van der Waals surface area contributed by atoms with Crippen molar-refractivity contribution >= 4 is 39.9 Å². The van der Waals surface area contributed by atoms with Crippen molar-refractivity contribution < 1.29 is 28.6 Å². The van der Waals surface area contributed by atoms with Gasteiger partial charge in [0.2, 0.25) is 0 Å². The Morgan fingerprint density at radius 3 is 2.64 bits per heavy atom. The molecule has 0 saturated carbocycles. The molecule has 1 aromatic carbocycles. The van der Waals surface area contributed by atoms with E-state index >= 15 is 0 Å². The molecule has 33 heavy (non-hydrogen) atoms. The summed E-state index contributed by atoms with van der Waals surface area (Å²) in [6, 6.07) is 6.20. The van der Waals surface area contributed by atoms with Crippen LogP contribution in [0.5, 0.6) is 0 Å². The maximum atomic E-state index is 14.2. The lowest BCUT2D eigenvalue weighted by Crippen LogP contribution is -2.29. The number of hydrogen-bond acceptors (Lipinski definition) is 8. The lowest BCUT2D eigenvalue weighted by molar-refractivity contribution is -0.132. The SMILES string of the molecule is COC(=O)c1sc(N2C(=O)C(=O)/C(=C(\O)c3ccc(C)c(F)c3)C2c2cccnc2)nc1C. The van der Waals surface area contributed by atoms with Crippen LogP contribution in [0.25, 0.3) is 5.76 Å². The number of pyridine rings is 1. The number of amides is 1. The number of aliphatic hydroxyl groups excluding tert-OH is 1. The van der Waals surface area contributed by atoms with Gasteiger partial charge in [0, 0.05) is 18.0 Å². The summed E-state index contributed by atoms with van der Waals surface area (Å²) in [4.78, 5) is 47.9. The minimum atomic E-state index is -1.08. The standard InChI is InChI=1S/C23H18FN3O5S/c1-11-6-7-13(9-15(11)24)18(28)16-17(14-5-4-8-25-10-14)27(21(30)19(16)29)23-26-12(2)20(33-23)22(31)32-3/h4-10,17,28H,1-3H3/b18-16-. The number of benzene rings is 1. The van der Waals surface area contributed by atoms with E-state index < -0.39 is 35.3 Å². The average Bonchev–Trinajstić information content (AvgIpc) is 3.32. The molecule has 0 bridgehead atoms. The highest BCUT2D eigenvalue weighted by atomic mass is 32.1. The topological polar surface area (TPSA) is 110 Å². The maximum absolute atomic E-state index is 14.2. The van der Waals surface area contributed by atoms with Gasteiger partial charge in [-0.15, -0.1) is 0 Å². The lowest BCUT2D eigenvalue weighted by atomic mass is 9.96. The number of thiazole rings is 1. The Labute approximate surface area is 192 Å². The van der Waals surface area contributed by atoms with Crippen molar-refractivity contribution in [3.8, 4) is 0 Å². The molecule has 3 heterocycles. The van der Waals surface area contributed by atoms with Crippen LogP contribution in [-0.2, 0) is 14.3 Å². The molecule has 3 aromatic rings. The van der Waals surface area contributed by atoms with E-state index in [1.807, 2.05) is 0 Å². The number of aromatic nitrogens is 2. The van der Waals surface area contributed by atoms with Crippen LogP contribution in [0.3, 0.4) is 0 Å². The van der Waals surface area contributed by atoms with Crippen molar-refractivity contribution in [3.05, 3.63) is 81.4 Å². The highest BCUT2D eigenvalue weighted by Crippen LogP contribution is 2.43. The molecular weight excluding hydrogens is 449 g/mol. The molecule has 0 radical (unpaired) electrons. The minimum absolute atomic E-state index is 0.0514. The van der Waals surface area contributed by atoms with E-state index in [2.05, 4.69) is 9.97 Å². The van der Waals surface area contributed by atoms with Gasteiger partial charge in [0.05, 0.1) is 24.4 Å². The van der Waals surface area contributed by atoms with Gasteiger partial charge in [0.1, 0.15) is 16.5 Å². The van der Waals surface area contributed by atoms with Crippen LogP contribution in [0.2, 0.25) is 0 Å². The van der Waals surface area contributed by atoms with Crippen LogP contribution in [0.1, 0.15) is 38.1 Å². The zero-order valence-corrected chi connectivity index (χ0v) is 18.6. The number of carbonyl (C=O) groups is 3. The molecular formula is C23H18FN3O5S. The summed E-state index contributed by atoms with van der Waals surface area (Å²) in [6.07, 6.45) is 2.97. The number of hydrogen-bond donors (Lipinski definition) is 1. The monoisotopic (exact) mass is 467 g/mol. The Kier molecular flexibility index (Phi) is 5.77. The van der Waals surface area contributed by atoms with Crippen molar-refractivity contribution in [2.45, 2.75) is 19.9 Å². The van der Waals surface area contributed by atoms with Crippen molar-refractivity contribution in [2.24, 2.45) is 0 Å². The molecule has 10 heteroatoms. The summed E-state index contributed by atoms with van der Waals surface area (Å²) >= 11 is 0.890. The molecule has 1 saturated heterocycles. The smallest absolute Gasteiger partial charge is 0.350 e. The fourth-order valence-electron chi connectivity index (χ4n) is 3.55. The Hall–Kier alpha value is -3.92. The van der Waals surface area contributed by atoms with Crippen LogP contribution in [0.4, 0.5) is 9.52 Å². The number of aliphatic hydroxyl groups is 1. The number of esters is 1. The number of ketones is 1. The van der Waals surface area contributed by atoms with E-state index in [9.17, 15) is 23.9 Å². The van der Waals surface area contributed by atoms with Gasteiger partial charge >= 0.3 is 11.9 Å². The Balaban J connectivity index is 1.93. The second kappa shape index (κ2) is 8.55. The normalized spacial score (nSPS) is 17.5. The molecule has 1 aliphatic rings. The van der Waals surface area contributed by atoms with Gasteiger partial charge in [-0.3, -0.25) is 19.5 Å². The zero-order valence-electron chi connectivity index (χ0n) is 17.8. The number of anilines is 1. The van der Waals surface area contributed by atoms with Crippen LogP contribution < -0.4 is 4.90 Å². The Morgan fingerprint density at radius 1 is 1.24 bits per heavy atom. The summed E-state index contributed by atoms with van der Waals surface area (Å²) in [7, 11) is 1.23. The number of aryl methyl sites for hydroxylation is 2. The van der Waals surface area contributed by atoms with Gasteiger partial charge < -0.3 is 9.84 Å². The summed E-state index contributed by atoms with van der Waals surface area (Å²) in [5, 5.41) is 11.1. The molecule has 0 spiro atoms. The third-order valence-corrected chi connectivity index (χ3v) is 6.39. The molecule has 1 aliphatic heterocycles. The number of ether oxygens (including phenoxy) is 1. The van der Waals surface area contributed by atoms with Gasteiger partial charge in [-0.2, -0.15) is 0 Å². The van der Waals surface area contributed by atoms with E-state index in [1.165, 1.54) is 31.6 Å². The van der Waals surface area contributed by atoms with Crippen LogP contribution in [0, 0.1) is 19.7 Å². The average molecular weight is 467 g/mol. The molecule has 1 atom stereocenters.